The highest BCUT2D eigenvalue weighted by Gasteiger charge is 2.41. The zero-order valence-corrected chi connectivity index (χ0v) is 18.3. The summed E-state index contributed by atoms with van der Waals surface area (Å²) in [6.07, 6.45) is 2.31. The Balaban J connectivity index is 1.21. The fourth-order valence-electron chi connectivity index (χ4n) is 5.36. The molecule has 1 aromatic heterocycles. The van der Waals surface area contributed by atoms with Crippen molar-refractivity contribution in [2.45, 2.75) is 31.9 Å². The number of halogens is 1. The van der Waals surface area contributed by atoms with Crippen LogP contribution in [-0.2, 0) is 9.47 Å². The predicted molar refractivity (Wildman–Crippen MR) is 119 cm³/mol. The molecule has 32 heavy (non-hydrogen) atoms. The number of fused-ring (bicyclic) bond motifs is 1. The van der Waals surface area contributed by atoms with Crippen molar-refractivity contribution in [3.05, 3.63) is 47.1 Å². The molecule has 2 saturated heterocycles. The number of likely N-dealkylation sites (tertiary alicyclic amines) is 1. The molecule has 7 nitrogen and oxygen atoms in total. The SMILES string of the molecule is [C-]#[N+]c1cc(-c2cc(F)ccc2C)nnc1NC1C[C@@H]2CN(C[C@@H]3COCCO3)C[C@@H]2C1. The van der Waals surface area contributed by atoms with E-state index in [4.69, 9.17) is 16.0 Å². The first-order valence-corrected chi connectivity index (χ1v) is 11.3. The molecule has 8 heteroatoms. The molecule has 1 saturated carbocycles. The minimum absolute atomic E-state index is 0.188. The van der Waals surface area contributed by atoms with Gasteiger partial charge in [0.15, 0.2) is 5.82 Å². The molecule has 2 aliphatic heterocycles. The zero-order valence-electron chi connectivity index (χ0n) is 18.3. The first kappa shape index (κ1) is 21.3. The van der Waals surface area contributed by atoms with Crippen LogP contribution in [0.15, 0.2) is 24.3 Å². The van der Waals surface area contributed by atoms with Gasteiger partial charge in [-0.3, -0.25) is 0 Å². The molecule has 1 N–H and O–H groups in total. The molecule has 4 atom stereocenters. The monoisotopic (exact) mass is 437 g/mol. The maximum absolute atomic E-state index is 13.7. The van der Waals surface area contributed by atoms with Crippen LogP contribution in [0.25, 0.3) is 16.1 Å². The molecule has 1 unspecified atom stereocenters. The standard InChI is InChI=1S/C24H28FN5O2/c1-15-3-4-18(25)9-21(15)22-10-23(26-2)24(29-28-22)27-19-7-16-11-30(12-17(16)8-19)13-20-14-31-5-6-32-20/h3-4,9-10,16-17,19-20H,5-8,11-14H2,1H3,(H,27,29)/t16-,17+,19?,20-/m1/s1. The van der Waals surface area contributed by atoms with E-state index in [0.29, 0.717) is 54.4 Å². The van der Waals surface area contributed by atoms with Gasteiger partial charge >= 0.3 is 0 Å². The second-order valence-electron chi connectivity index (χ2n) is 9.15. The minimum atomic E-state index is -0.326. The predicted octanol–water partition coefficient (Wildman–Crippen LogP) is 3.68. The zero-order chi connectivity index (χ0) is 22.1. The van der Waals surface area contributed by atoms with Gasteiger partial charge in [-0.1, -0.05) is 6.07 Å². The third-order valence-corrected chi connectivity index (χ3v) is 6.88. The Kier molecular flexibility index (Phi) is 6.05. The number of anilines is 1. The molecular formula is C24H28FN5O2. The van der Waals surface area contributed by atoms with Crippen LogP contribution in [0.4, 0.5) is 15.9 Å². The van der Waals surface area contributed by atoms with Crippen molar-refractivity contribution in [3.8, 4) is 11.3 Å². The first-order chi connectivity index (χ1) is 15.6. The number of benzene rings is 1. The Morgan fingerprint density at radius 3 is 2.72 bits per heavy atom. The van der Waals surface area contributed by atoms with Gasteiger partial charge in [0.1, 0.15) is 5.82 Å². The lowest BCUT2D eigenvalue weighted by atomic mass is 10.0. The number of aromatic nitrogens is 2. The van der Waals surface area contributed by atoms with E-state index in [-0.39, 0.29) is 18.0 Å². The van der Waals surface area contributed by atoms with Crippen molar-refractivity contribution in [1.82, 2.24) is 15.1 Å². The number of rotatable bonds is 5. The summed E-state index contributed by atoms with van der Waals surface area (Å²) in [6.45, 7) is 14.7. The quantitative estimate of drug-likeness (QED) is 0.720. The van der Waals surface area contributed by atoms with Crippen LogP contribution in [0.5, 0.6) is 0 Å². The van der Waals surface area contributed by atoms with Crippen molar-refractivity contribution in [2.75, 3.05) is 44.8 Å². The van der Waals surface area contributed by atoms with Gasteiger partial charge in [0.05, 0.1) is 38.2 Å². The summed E-state index contributed by atoms with van der Waals surface area (Å²) in [6, 6.07) is 6.57. The Hall–Kier alpha value is -2.60. The van der Waals surface area contributed by atoms with Crippen molar-refractivity contribution in [1.29, 1.82) is 0 Å². The van der Waals surface area contributed by atoms with Gasteiger partial charge in [-0.15, -0.1) is 5.10 Å². The largest absolute Gasteiger partial charge is 0.376 e. The Bertz CT molecular complexity index is 1010. The molecule has 0 amide bonds. The van der Waals surface area contributed by atoms with Gasteiger partial charge in [-0.05, 0) is 55.4 Å². The van der Waals surface area contributed by atoms with Gasteiger partial charge in [0.2, 0.25) is 5.69 Å². The molecule has 3 heterocycles. The second kappa shape index (κ2) is 9.10. The molecule has 1 aliphatic carbocycles. The number of ether oxygens (including phenoxy) is 2. The van der Waals surface area contributed by atoms with E-state index in [1.807, 2.05) is 6.92 Å². The first-order valence-electron chi connectivity index (χ1n) is 11.3. The number of nitrogens with zero attached hydrogens (tertiary/aromatic N) is 4. The lowest BCUT2D eigenvalue weighted by molar-refractivity contribution is -0.0964. The fourth-order valence-corrected chi connectivity index (χ4v) is 5.36. The third kappa shape index (κ3) is 4.46. The van der Waals surface area contributed by atoms with Gasteiger partial charge in [0.25, 0.3) is 0 Å². The molecule has 3 fully saturated rings. The molecule has 168 valence electrons. The molecular weight excluding hydrogens is 409 g/mol. The summed E-state index contributed by atoms with van der Waals surface area (Å²) in [4.78, 5) is 6.16. The lowest BCUT2D eigenvalue weighted by Gasteiger charge is -2.28. The van der Waals surface area contributed by atoms with E-state index in [0.717, 1.165) is 38.0 Å². The van der Waals surface area contributed by atoms with E-state index >= 15 is 0 Å². The summed E-state index contributed by atoms with van der Waals surface area (Å²) in [5, 5.41) is 12.1. The van der Waals surface area contributed by atoms with Crippen molar-refractivity contribution >= 4 is 11.5 Å². The molecule has 0 radical (unpaired) electrons. The van der Waals surface area contributed by atoms with Gasteiger partial charge in [0, 0.05) is 31.2 Å². The average Bonchev–Trinajstić information content (AvgIpc) is 3.34. The molecule has 2 aromatic rings. The second-order valence-corrected chi connectivity index (χ2v) is 9.15. The van der Waals surface area contributed by atoms with Crippen LogP contribution < -0.4 is 5.32 Å². The normalized spacial score (nSPS) is 27.8. The van der Waals surface area contributed by atoms with Crippen molar-refractivity contribution in [3.63, 3.8) is 0 Å². The smallest absolute Gasteiger partial charge is 0.232 e. The topological polar surface area (TPSA) is 63.9 Å². The van der Waals surface area contributed by atoms with Crippen LogP contribution in [0.1, 0.15) is 18.4 Å². The maximum Gasteiger partial charge on any atom is 0.232 e. The Morgan fingerprint density at radius 2 is 2.00 bits per heavy atom. The highest BCUT2D eigenvalue weighted by molar-refractivity contribution is 5.73. The van der Waals surface area contributed by atoms with E-state index in [9.17, 15) is 4.39 Å². The van der Waals surface area contributed by atoms with Crippen LogP contribution in [-0.4, -0.2) is 66.7 Å². The number of hydrogen-bond acceptors (Lipinski definition) is 6. The van der Waals surface area contributed by atoms with Crippen LogP contribution >= 0.6 is 0 Å². The maximum atomic E-state index is 13.7. The Labute approximate surface area is 187 Å². The summed E-state index contributed by atoms with van der Waals surface area (Å²) in [7, 11) is 0. The highest BCUT2D eigenvalue weighted by atomic mass is 19.1. The third-order valence-electron chi connectivity index (χ3n) is 6.88. The molecule has 3 aliphatic rings. The van der Waals surface area contributed by atoms with E-state index in [2.05, 4.69) is 25.3 Å². The summed E-state index contributed by atoms with van der Waals surface area (Å²) < 4.78 is 25.0. The number of nitrogens with one attached hydrogen (secondary N) is 1. The molecule has 1 aromatic carbocycles. The lowest BCUT2D eigenvalue weighted by Crippen LogP contribution is -2.39. The van der Waals surface area contributed by atoms with E-state index < -0.39 is 0 Å². The fraction of sp³-hybridized carbons (Fsp3) is 0.542. The molecule has 0 spiro atoms. The summed E-state index contributed by atoms with van der Waals surface area (Å²) in [5.74, 6) is 1.49. The summed E-state index contributed by atoms with van der Waals surface area (Å²) in [5.41, 5.74) is 2.51. The molecule has 5 rings (SSSR count). The number of aryl methyl sites for hydroxylation is 1. The van der Waals surface area contributed by atoms with Crippen molar-refractivity contribution < 1.29 is 13.9 Å². The van der Waals surface area contributed by atoms with Gasteiger partial charge in [-0.2, -0.15) is 5.10 Å². The highest BCUT2D eigenvalue weighted by Crippen LogP contribution is 2.40. The van der Waals surface area contributed by atoms with Crippen LogP contribution in [0, 0.1) is 31.1 Å². The molecule has 0 bridgehead atoms. The van der Waals surface area contributed by atoms with Gasteiger partial charge < -0.3 is 19.7 Å². The minimum Gasteiger partial charge on any atom is -0.376 e. The van der Waals surface area contributed by atoms with Crippen LogP contribution in [0.3, 0.4) is 0 Å². The average molecular weight is 438 g/mol. The van der Waals surface area contributed by atoms with Crippen molar-refractivity contribution in [2.24, 2.45) is 11.8 Å². The van der Waals surface area contributed by atoms with E-state index in [1.54, 1.807) is 12.1 Å². The van der Waals surface area contributed by atoms with E-state index in [1.165, 1.54) is 12.1 Å². The van der Waals surface area contributed by atoms with Crippen LogP contribution in [0.2, 0.25) is 0 Å². The Morgan fingerprint density at radius 1 is 1.19 bits per heavy atom. The van der Waals surface area contributed by atoms with Gasteiger partial charge in [-0.25, -0.2) is 9.24 Å². The summed E-state index contributed by atoms with van der Waals surface area (Å²) >= 11 is 0. The number of hydrogen-bond donors (Lipinski definition) is 1.